The van der Waals surface area contributed by atoms with Gasteiger partial charge in [-0.1, -0.05) is 0 Å². The Morgan fingerprint density at radius 3 is 2.69 bits per heavy atom. The molecule has 2 rings (SSSR count). The largest absolute Gasteiger partial charge is 0.436 e. The van der Waals surface area contributed by atoms with Gasteiger partial charge in [-0.05, 0) is 20.8 Å². The third-order valence-electron chi connectivity index (χ3n) is 2.77. The van der Waals surface area contributed by atoms with E-state index in [-0.39, 0.29) is 24.3 Å². The van der Waals surface area contributed by atoms with Crippen LogP contribution in [-0.2, 0) is 23.7 Å². The lowest BCUT2D eigenvalue weighted by atomic mass is 10.0. The number of hydrogen-bond acceptors (Lipinski definition) is 5. The van der Waals surface area contributed by atoms with Gasteiger partial charge in [-0.15, -0.1) is 0 Å². The van der Waals surface area contributed by atoms with Crippen molar-refractivity contribution in [3.05, 3.63) is 0 Å². The average Bonchev–Trinajstić information content (AvgIpc) is 2.38. The lowest BCUT2D eigenvalue weighted by molar-refractivity contribution is -0.223. The van der Waals surface area contributed by atoms with Crippen LogP contribution >= 0.6 is 0 Å². The van der Waals surface area contributed by atoms with Crippen LogP contribution in [0.2, 0.25) is 0 Å². The van der Waals surface area contributed by atoms with Crippen LogP contribution in [0.5, 0.6) is 0 Å². The summed E-state index contributed by atoms with van der Waals surface area (Å²) in [7, 11) is 0. The highest BCUT2D eigenvalue weighted by molar-refractivity contribution is 5.66. The smallest absolute Gasteiger partial charge is 0.304 e. The molecule has 0 spiro atoms. The fourth-order valence-electron chi connectivity index (χ4n) is 2.27. The van der Waals surface area contributed by atoms with E-state index >= 15 is 0 Å². The van der Waals surface area contributed by atoms with Crippen LogP contribution in [-0.4, -0.2) is 36.4 Å². The highest BCUT2D eigenvalue weighted by atomic mass is 16.8. The molecule has 1 unspecified atom stereocenters. The Kier molecular flexibility index (Phi) is 2.94. The van der Waals surface area contributed by atoms with Gasteiger partial charge in [0, 0.05) is 13.3 Å². The second-order valence-electron chi connectivity index (χ2n) is 4.75. The monoisotopic (exact) mass is 230 g/mol. The standard InChI is InChI=1S/C11H18O5/c1-6-10-8(15-11(3,4)16-10)5-9(13-6)14-7(2)12/h6,8-10H,5H2,1-4H3/t6-,8+,9?,10-/m1/s1. The van der Waals surface area contributed by atoms with E-state index in [1.165, 1.54) is 6.92 Å². The molecule has 0 saturated carbocycles. The minimum atomic E-state index is -0.585. The van der Waals surface area contributed by atoms with Crippen molar-refractivity contribution in [1.82, 2.24) is 0 Å². The minimum absolute atomic E-state index is 0.0666. The van der Waals surface area contributed by atoms with Crippen LogP contribution in [0.1, 0.15) is 34.1 Å². The van der Waals surface area contributed by atoms with Crippen molar-refractivity contribution in [2.24, 2.45) is 0 Å². The Morgan fingerprint density at radius 1 is 1.38 bits per heavy atom. The zero-order valence-electron chi connectivity index (χ0n) is 10.1. The van der Waals surface area contributed by atoms with E-state index in [0.717, 1.165) is 0 Å². The van der Waals surface area contributed by atoms with Crippen LogP contribution in [0.3, 0.4) is 0 Å². The van der Waals surface area contributed by atoms with Gasteiger partial charge in [0.1, 0.15) is 6.10 Å². The van der Waals surface area contributed by atoms with Crippen LogP contribution < -0.4 is 0 Å². The first-order valence-corrected chi connectivity index (χ1v) is 5.56. The molecule has 0 N–H and O–H groups in total. The van der Waals surface area contributed by atoms with Crippen LogP contribution in [0.25, 0.3) is 0 Å². The van der Waals surface area contributed by atoms with Crippen molar-refractivity contribution in [1.29, 1.82) is 0 Å². The predicted octanol–water partition coefficient (Wildman–Crippen LogP) is 1.20. The van der Waals surface area contributed by atoms with Gasteiger partial charge < -0.3 is 18.9 Å². The lowest BCUT2D eigenvalue weighted by Gasteiger charge is -2.33. The third kappa shape index (κ3) is 2.36. The summed E-state index contributed by atoms with van der Waals surface area (Å²) in [5.74, 6) is -0.924. The number of carbonyl (C=O) groups excluding carboxylic acids is 1. The molecule has 0 amide bonds. The lowest BCUT2D eigenvalue weighted by Crippen LogP contribution is -2.46. The summed E-state index contributed by atoms with van der Waals surface area (Å²) in [6.07, 6.45) is -0.279. The van der Waals surface area contributed by atoms with Crippen molar-refractivity contribution in [3.63, 3.8) is 0 Å². The molecule has 0 aromatic carbocycles. The van der Waals surface area contributed by atoms with Gasteiger partial charge in [0.15, 0.2) is 5.79 Å². The number of ether oxygens (including phenoxy) is 4. The Hall–Kier alpha value is -0.650. The number of rotatable bonds is 1. The quantitative estimate of drug-likeness (QED) is 0.634. The Labute approximate surface area is 95.0 Å². The molecule has 0 aromatic rings. The second-order valence-corrected chi connectivity index (χ2v) is 4.75. The van der Waals surface area contributed by atoms with E-state index < -0.39 is 12.1 Å². The summed E-state index contributed by atoms with van der Waals surface area (Å²) < 4.78 is 22.1. The number of esters is 1. The highest BCUT2D eigenvalue weighted by Crippen LogP contribution is 2.37. The molecule has 4 atom stereocenters. The molecular formula is C11H18O5. The maximum Gasteiger partial charge on any atom is 0.304 e. The molecule has 0 bridgehead atoms. The number of carbonyl (C=O) groups is 1. The predicted molar refractivity (Wildman–Crippen MR) is 54.5 cm³/mol. The maximum atomic E-state index is 10.9. The Bertz CT molecular complexity index is 288. The van der Waals surface area contributed by atoms with Crippen molar-refractivity contribution in [3.8, 4) is 0 Å². The normalized spacial score (nSPS) is 41.5. The molecule has 2 heterocycles. The topological polar surface area (TPSA) is 54.0 Å². The van der Waals surface area contributed by atoms with E-state index in [2.05, 4.69) is 0 Å². The maximum absolute atomic E-state index is 10.9. The Balaban J connectivity index is 2.02. The molecule has 0 aliphatic carbocycles. The molecule has 2 saturated heterocycles. The number of hydrogen-bond donors (Lipinski definition) is 0. The molecule has 5 nitrogen and oxygen atoms in total. The summed E-state index contributed by atoms with van der Waals surface area (Å²) in [5.41, 5.74) is 0. The van der Waals surface area contributed by atoms with Crippen molar-refractivity contribution < 1.29 is 23.7 Å². The van der Waals surface area contributed by atoms with Crippen molar-refractivity contribution >= 4 is 5.97 Å². The van der Waals surface area contributed by atoms with E-state index in [9.17, 15) is 4.79 Å². The third-order valence-corrected chi connectivity index (χ3v) is 2.77. The van der Waals surface area contributed by atoms with Gasteiger partial charge in [-0.3, -0.25) is 4.79 Å². The highest BCUT2D eigenvalue weighted by Gasteiger charge is 2.49. The van der Waals surface area contributed by atoms with Gasteiger partial charge in [0.2, 0.25) is 6.29 Å². The van der Waals surface area contributed by atoms with Gasteiger partial charge in [-0.2, -0.15) is 0 Å². The zero-order chi connectivity index (χ0) is 11.9. The molecule has 2 aliphatic heterocycles. The molecule has 16 heavy (non-hydrogen) atoms. The summed E-state index contributed by atoms with van der Waals surface area (Å²) in [5, 5.41) is 0. The van der Waals surface area contributed by atoms with Crippen LogP contribution in [0, 0.1) is 0 Å². The SMILES string of the molecule is CC(=O)OC1C[C@@H]2OC(C)(C)O[C@@H]2[C@@H](C)O1. The first-order valence-electron chi connectivity index (χ1n) is 5.56. The van der Waals surface area contributed by atoms with E-state index in [0.29, 0.717) is 6.42 Å². The van der Waals surface area contributed by atoms with Gasteiger partial charge in [-0.25, -0.2) is 0 Å². The first kappa shape index (κ1) is 11.8. The van der Waals surface area contributed by atoms with Gasteiger partial charge in [0.05, 0.1) is 12.2 Å². The molecule has 0 aromatic heterocycles. The summed E-state index contributed by atoms with van der Waals surface area (Å²) >= 11 is 0. The summed E-state index contributed by atoms with van der Waals surface area (Å²) in [4.78, 5) is 10.9. The molecule has 5 heteroatoms. The van der Waals surface area contributed by atoms with Crippen molar-refractivity contribution in [2.75, 3.05) is 0 Å². The fourth-order valence-corrected chi connectivity index (χ4v) is 2.27. The summed E-state index contributed by atoms with van der Waals surface area (Å²) in [6.45, 7) is 7.02. The molecule has 2 aliphatic rings. The zero-order valence-corrected chi connectivity index (χ0v) is 10.1. The molecule has 0 radical (unpaired) electrons. The van der Waals surface area contributed by atoms with Crippen molar-refractivity contribution in [2.45, 2.75) is 64.5 Å². The van der Waals surface area contributed by atoms with Gasteiger partial charge >= 0.3 is 5.97 Å². The number of fused-ring (bicyclic) bond motifs is 1. The Morgan fingerprint density at radius 2 is 2.06 bits per heavy atom. The summed E-state index contributed by atoms with van der Waals surface area (Å²) in [6, 6.07) is 0. The fraction of sp³-hybridized carbons (Fsp3) is 0.909. The second kappa shape index (κ2) is 3.98. The van der Waals surface area contributed by atoms with E-state index in [1.807, 2.05) is 20.8 Å². The van der Waals surface area contributed by atoms with E-state index in [4.69, 9.17) is 18.9 Å². The molecular weight excluding hydrogens is 212 g/mol. The average molecular weight is 230 g/mol. The molecule has 2 fully saturated rings. The van der Waals surface area contributed by atoms with Crippen LogP contribution in [0.4, 0.5) is 0 Å². The van der Waals surface area contributed by atoms with Gasteiger partial charge in [0.25, 0.3) is 0 Å². The molecule has 92 valence electrons. The minimum Gasteiger partial charge on any atom is -0.436 e. The van der Waals surface area contributed by atoms with Crippen LogP contribution in [0.15, 0.2) is 0 Å². The van der Waals surface area contributed by atoms with E-state index in [1.54, 1.807) is 0 Å². The first-order chi connectivity index (χ1) is 7.37.